The van der Waals surface area contributed by atoms with Gasteiger partial charge in [0.15, 0.2) is 11.5 Å². The first kappa shape index (κ1) is 29.2. The van der Waals surface area contributed by atoms with Crippen molar-refractivity contribution in [3.8, 4) is 17.5 Å². The van der Waals surface area contributed by atoms with E-state index >= 15 is 0 Å². The molecule has 14 heteroatoms. The Morgan fingerprint density at radius 1 is 0.907 bits per heavy atom. The number of carbonyl (C=O) groups is 2. The molecule has 3 aromatic rings. The predicted octanol–water partition coefficient (Wildman–Crippen LogP) is 4.24. The Labute approximate surface area is 257 Å². The van der Waals surface area contributed by atoms with Gasteiger partial charge in [-0.15, -0.1) is 0 Å². The summed E-state index contributed by atoms with van der Waals surface area (Å²) in [6.07, 6.45) is 1.66. The summed E-state index contributed by atoms with van der Waals surface area (Å²) >= 11 is 6.96. The zero-order valence-corrected chi connectivity index (χ0v) is 25.0. The molecule has 0 atom stereocenters. The first-order chi connectivity index (χ1) is 21.0. The van der Waals surface area contributed by atoms with Crippen LogP contribution in [-0.2, 0) is 20.8 Å². The van der Waals surface area contributed by atoms with Crippen LogP contribution in [0.1, 0.15) is 11.1 Å². The van der Waals surface area contributed by atoms with E-state index in [0.29, 0.717) is 91.5 Å². The molecular formula is C29H29ClN6O6S. The topological polar surface area (TPSA) is 119 Å². The van der Waals surface area contributed by atoms with Crippen molar-refractivity contribution in [3.63, 3.8) is 0 Å². The Balaban J connectivity index is 1.23. The van der Waals surface area contributed by atoms with Gasteiger partial charge in [-0.3, -0.25) is 14.5 Å². The molecule has 224 valence electrons. The maximum Gasteiger partial charge on any atom is 0.328 e. The molecule has 0 radical (unpaired) electrons. The van der Waals surface area contributed by atoms with E-state index in [1.54, 1.807) is 42.5 Å². The van der Waals surface area contributed by atoms with Crippen molar-refractivity contribution < 1.29 is 28.5 Å². The van der Waals surface area contributed by atoms with Crippen LogP contribution in [0.4, 0.5) is 16.7 Å². The zero-order valence-electron chi connectivity index (χ0n) is 23.4. The Morgan fingerprint density at radius 3 is 2.21 bits per heavy atom. The summed E-state index contributed by atoms with van der Waals surface area (Å²) in [4.78, 5) is 45.2. The van der Waals surface area contributed by atoms with Gasteiger partial charge in [-0.2, -0.15) is 15.0 Å². The molecule has 0 unspecified atom stereocenters. The average molecular weight is 625 g/mol. The minimum Gasteiger partial charge on any atom is -0.493 e. The minimum absolute atomic E-state index is 0.131. The normalized spacial score (nSPS) is 18.5. The molecule has 3 fully saturated rings. The molecule has 4 heterocycles. The van der Waals surface area contributed by atoms with Gasteiger partial charge in [0.2, 0.25) is 11.9 Å². The molecule has 43 heavy (non-hydrogen) atoms. The Bertz CT molecular complexity index is 1510. The SMILES string of the molecule is COc1cc(/C=C2\SC(=O)N(Cc3cccc(Cl)c3)C2=O)ccc1Oc1nc(N2CCOCC2)nc(N2CCOCC2)n1. The first-order valence-electron chi connectivity index (χ1n) is 13.7. The van der Waals surface area contributed by atoms with E-state index in [1.165, 1.54) is 12.0 Å². The van der Waals surface area contributed by atoms with Crippen molar-refractivity contribution in [2.24, 2.45) is 0 Å². The summed E-state index contributed by atoms with van der Waals surface area (Å²) in [5, 5.41) is 0.200. The highest BCUT2D eigenvalue weighted by Crippen LogP contribution is 2.36. The van der Waals surface area contributed by atoms with Crippen LogP contribution in [0.25, 0.3) is 6.08 Å². The number of thioether (sulfide) groups is 1. The molecule has 0 aliphatic carbocycles. The number of anilines is 2. The molecule has 12 nitrogen and oxygen atoms in total. The summed E-state index contributed by atoms with van der Waals surface area (Å²) in [6, 6.07) is 12.4. The fraction of sp³-hybridized carbons (Fsp3) is 0.345. The van der Waals surface area contributed by atoms with E-state index in [-0.39, 0.29) is 23.7 Å². The number of carbonyl (C=O) groups excluding carboxylic acids is 2. The molecule has 3 aliphatic heterocycles. The fourth-order valence-electron chi connectivity index (χ4n) is 4.75. The lowest BCUT2D eigenvalue weighted by atomic mass is 10.1. The number of hydrogen-bond acceptors (Lipinski definition) is 12. The summed E-state index contributed by atoms with van der Waals surface area (Å²) in [7, 11) is 1.52. The first-order valence-corrected chi connectivity index (χ1v) is 14.9. The molecule has 0 bridgehead atoms. The lowest BCUT2D eigenvalue weighted by Crippen LogP contribution is -2.40. The van der Waals surface area contributed by atoms with Gasteiger partial charge in [0.25, 0.3) is 11.1 Å². The number of nitrogens with zero attached hydrogens (tertiary/aromatic N) is 6. The highest BCUT2D eigenvalue weighted by atomic mass is 35.5. The molecule has 2 aromatic carbocycles. The van der Waals surface area contributed by atoms with Crippen molar-refractivity contribution in [2.45, 2.75) is 6.54 Å². The molecule has 0 spiro atoms. The monoisotopic (exact) mass is 624 g/mol. The number of halogens is 1. The van der Waals surface area contributed by atoms with Gasteiger partial charge < -0.3 is 28.7 Å². The van der Waals surface area contributed by atoms with E-state index in [0.717, 1.165) is 17.3 Å². The summed E-state index contributed by atoms with van der Waals surface area (Å²) < 4.78 is 22.7. The van der Waals surface area contributed by atoms with Crippen LogP contribution in [0.3, 0.4) is 0 Å². The number of rotatable bonds is 8. The van der Waals surface area contributed by atoms with Crippen molar-refractivity contribution in [1.29, 1.82) is 0 Å². The number of benzene rings is 2. The highest BCUT2D eigenvalue weighted by Gasteiger charge is 2.35. The number of methoxy groups -OCH3 is 1. The Morgan fingerprint density at radius 2 is 1.58 bits per heavy atom. The maximum absolute atomic E-state index is 13.1. The number of aromatic nitrogens is 3. The van der Waals surface area contributed by atoms with Crippen LogP contribution in [-0.4, -0.2) is 90.7 Å². The predicted molar refractivity (Wildman–Crippen MR) is 162 cm³/mol. The van der Waals surface area contributed by atoms with Gasteiger partial charge in [-0.1, -0.05) is 29.8 Å². The Hall–Kier alpha value is -3.91. The summed E-state index contributed by atoms with van der Waals surface area (Å²) in [5.41, 5.74) is 1.43. The molecule has 0 saturated carbocycles. The van der Waals surface area contributed by atoms with Crippen molar-refractivity contribution >= 4 is 52.5 Å². The van der Waals surface area contributed by atoms with Crippen LogP contribution in [0.2, 0.25) is 5.02 Å². The van der Waals surface area contributed by atoms with Crippen LogP contribution in [0.5, 0.6) is 17.5 Å². The minimum atomic E-state index is -0.370. The number of imide groups is 1. The molecular weight excluding hydrogens is 596 g/mol. The van der Waals surface area contributed by atoms with Gasteiger partial charge in [-0.05, 0) is 53.2 Å². The standard InChI is InChI=1S/C29H29ClN6O6S/c1-39-23-16-19(17-24-25(37)36(29(38)43-24)18-20-3-2-4-21(30)15-20)5-6-22(23)42-28-32-26(34-7-11-40-12-8-34)31-27(33-28)35-9-13-41-14-10-35/h2-6,15-17H,7-14,18H2,1H3/b24-17-. The number of morpholine rings is 2. The van der Waals surface area contributed by atoms with E-state index < -0.39 is 0 Å². The lowest BCUT2D eigenvalue weighted by Gasteiger charge is -2.30. The van der Waals surface area contributed by atoms with E-state index in [1.807, 2.05) is 15.9 Å². The summed E-state index contributed by atoms with van der Waals surface area (Å²) in [5.74, 6) is 1.46. The average Bonchev–Trinajstić information content (AvgIpc) is 3.29. The summed E-state index contributed by atoms with van der Waals surface area (Å²) in [6.45, 7) is 5.14. The van der Waals surface area contributed by atoms with Gasteiger partial charge in [0.05, 0.1) is 45.0 Å². The van der Waals surface area contributed by atoms with Crippen molar-refractivity contribution in [2.75, 3.05) is 69.5 Å². The second-order valence-electron chi connectivity index (χ2n) is 9.83. The molecule has 2 amide bonds. The van der Waals surface area contributed by atoms with Crippen LogP contribution in [0.15, 0.2) is 47.4 Å². The lowest BCUT2D eigenvalue weighted by molar-refractivity contribution is -0.123. The Kier molecular flexibility index (Phi) is 8.93. The largest absolute Gasteiger partial charge is 0.493 e. The zero-order chi connectivity index (χ0) is 29.8. The molecule has 6 rings (SSSR count). The quantitative estimate of drug-likeness (QED) is 0.334. The highest BCUT2D eigenvalue weighted by molar-refractivity contribution is 8.18. The maximum atomic E-state index is 13.1. The molecule has 3 saturated heterocycles. The second kappa shape index (κ2) is 13.2. The molecule has 1 aromatic heterocycles. The molecule has 0 N–H and O–H groups in total. The van der Waals surface area contributed by atoms with Gasteiger partial charge in [-0.25, -0.2) is 0 Å². The van der Waals surface area contributed by atoms with Crippen molar-refractivity contribution in [1.82, 2.24) is 19.9 Å². The van der Waals surface area contributed by atoms with Gasteiger partial charge in [0, 0.05) is 31.2 Å². The number of hydrogen-bond donors (Lipinski definition) is 0. The van der Waals surface area contributed by atoms with E-state index in [9.17, 15) is 9.59 Å². The van der Waals surface area contributed by atoms with Crippen LogP contribution >= 0.6 is 23.4 Å². The number of ether oxygens (including phenoxy) is 4. The smallest absolute Gasteiger partial charge is 0.328 e. The van der Waals surface area contributed by atoms with E-state index in [4.69, 9.17) is 35.5 Å². The van der Waals surface area contributed by atoms with Gasteiger partial charge >= 0.3 is 6.01 Å². The third kappa shape index (κ3) is 6.85. The van der Waals surface area contributed by atoms with Crippen LogP contribution < -0.4 is 19.3 Å². The second-order valence-corrected chi connectivity index (χ2v) is 11.3. The van der Waals surface area contributed by atoms with Crippen LogP contribution in [0, 0.1) is 0 Å². The third-order valence-electron chi connectivity index (χ3n) is 6.97. The third-order valence-corrected chi connectivity index (χ3v) is 8.11. The van der Waals surface area contributed by atoms with Crippen molar-refractivity contribution in [3.05, 3.63) is 63.5 Å². The number of amides is 2. The van der Waals surface area contributed by atoms with E-state index in [2.05, 4.69) is 9.97 Å². The molecule has 3 aliphatic rings. The fourth-order valence-corrected chi connectivity index (χ4v) is 5.80. The van der Waals surface area contributed by atoms with Gasteiger partial charge in [0.1, 0.15) is 0 Å².